The maximum atomic E-state index is 11.1. The van der Waals surface area contributed by atoms with Crippen molar-refractivity contribution in [3.8, 4) is 10.6 Å². The number of hydrogen-bond donors (Lipinski definition) is 2. The zero-order valence-electron chi connectivity index (χ0n) is 11.3. The molecule has 3 aromatic rings. The van der Waals surface area contributed by atoms with Crippen molar-refractivity contribution in [2.24, 2.45) is 0 Å². The van der Waals surface area contributed by atoms with Gasteiger partial charge in [0.15, 0.2) is 11.4 Å². The lowest BCUT2D eigenvalue weighted by Crippen LogP contribution is -1.93. The summed E-state index contributed by atoms with van der Waals surface area (Å²) in [6.07, 6.45) is 2.40. The van der Waals surface area contributed by atoms with E-state index in [0.29, 0.717) is 27.1 Å². The third kappa shape index (κ3) is 3.00. The van der Waals surface area contributed by atoms with Crippen molar-refractivity contribution in [3.63, 3.8) is 0 Å². The average molecular weight is 375 g/mol. The molecule has 110 valence electrons. The van der Waals surface area contributed by atoms with E-state index in [2.05, 4.69) is 31.2 Å². The van der Waals surface area contributed by atoms with E-state index >= 15 is 0 Å². The Morgan fingerprint density at radius 2 is 2.00 bits per heavy atom. The zero-order chi connectivity index (χ0) is 15.5. The molecule has 3 N–H and O–H groups in total. The average Bonchev–Trinajstić information content (AvgIpc) is 2.90. The second-order valence-electron chi connectivity index (χ2n) is 4.42. The van der Waals surface area contributed by atoms with Gasteiger partial charge in [-0.2, -0.15) is 0 Å². The number of anilines is 3. The van der Waals surface area contributed by atoms with Crippen LogP contribution in [0.1, 0.15) is 10.4 Å². The van der Waals surface area contributed by atoms with Gasteiger partial charge < -0.3 is 11.1 Å². The third-order valence-electron chi connectivity index (χ3n) is 2.93. The van der Waals surface area contributed by atoms with Crippen LogP contribution in [0.25, 0.3) is 10.6 Å². The van der Waals surface area contributed by atoms with Gasteiger partial charge in [0.05, 0.1) is 10.6 Å². The van der Waals surface area contributed by atoms with E-state index in [1.54, 1.807) is 18.3 Å². The minimum absolute atomic E-state index is 0.353. The Bertz CT molecular complexity index is 817. The van der Waals surface area contributed by atoms with Gasteiger partial charge in [0.1, 0.15) is 5.82 Å². The molecule has 0 aliphatic rings. The number of aldehydes is 1. The molecule has 0 amide bonds. The molecule has 0 spiro atoms. The summed E-state index contributed by atoms with van der Waals surface area (Å²) in [5.41, 5.74) is 7.92. The van der Waals surface area contributed by atoms with Crippen molar-refractivity contribution < 1.29 is 4.79 Å². The molecule has 0 unspecified atom stereocenters. The van der Waals surface area contributed by atoms with Gasteiger partial charge in [-0.1, -0.05) is 27.3 Å². The lowest BCUT2D eigenvalue weighted by molar-refractivity contribution is 0.112. The number of carbonyl (C=O) groups is 1. The Morgan fingerprint density at radius 1 is 1.23 bits per heavy atom. The highest BCUT2D eigenvalue weighted by Gasteiger charge is 2.15. The number of nitrogens with two attached hydrogens (primary N) is 1. The number of thiazole rings is 1. The number of hydrogen-bond acceptors (Lipinski definition) is 6. The van der Waals surface area contributed by atoms with E-state index in [1.807, 2.05) is 24.3 Å². The standard InChI is InChI=1S/C15H11BrN4OS/c16-10-3-5-11(6-4-10)19-15-20-14(17)13(22-15)12-9(8-21)2-1-7-18-12/h1-8H,17H2,(H,19,20). The first-order valence-corrected chi connectivity index (χ1v) is 7.98. The maximum Gasteiger partial charge on any atom is 0.189 e. The second kappa shape index (κ2) is 6.25. The molecule has 1 aromatic carbocycles. The highest BCUT2D eigenvalue weighted by Crippen LogP contribution is 2.36. The Kier molecular flexibility index (Phi) is 4.17. The molecule has 2 heterocycles. The summed E-state index contributed by atoms with van der Waals surface area (Å²) in [6, 6.07) is 11.1. The van der Waals surface area contributed by atoms with E-state index in [-0.39, 0.29) is 0 Å². The minimum atomic E-state index is 0.353. The van der Waals surface area contributed by atoms with Gasteiger partial charge in [0.25, 0.3) is 0 Å². The minimum Gasteiger partial charge on any atom is -0.382 e. The van der Waals surface area contributed by atoms with Crippen LogP contribution in [0.15, 0.2) is 47.1 Å². The molecule has 0 bridgehead atoms. The fraction of sp³-hybridized carbons (Fsp3) is 0. The zero-order valence-corrected chi connectivity index (χ0v) is 13.7. The van der Waals surface area contributed by atoms with E-state index in [0.717, 1.165) is 16.4 Å². The number of carbonyl (C=O) groups excluding carboxylic acids is 1. The van der Waals surface area contributed by atoms with Gasteiger partial charge in [-0.25, -0.2) is 4.98 Å². The molecular weight excluding hydrogens is 364 g/mol. The van der Waals surface area contributed by atoms with Gasteiger partial charge in [-0.05, 0) is 36.4 Å². The predicted octanol–water partition coefficient (Wildman–Crippen LogP) is 4.11. The smallest absolute Gasteiger partial charge is 0.189 e. The van der Waals surface area contributed by atoms with E-state index in [4.69, 9.17) is 5.73 Å². The first kappa shape index (κ1) is 14.7. The van der Waals surface area contributed by atoms with Crippen LogP contribution < -0.4 is 11.1 Å². The summed E-state index contributed by atoms with van der Waals surface area (Å²) < 4.78 is 1.00. The number of nitrogens with one attached hydrogen (secondary N) is 1. The largest absolute Gasteiger partial charge is 0.382 e. The fourth-order valence-electron chi connectivity index (χ4n) is 1.91. The number of benzene rings is 1. The van der Waals surface area contributed by atoms with Crippen LogP contribution in [0.3, 0.4) is 0 Å². The lowest BCUT2D eigenvalue weighted by atomic mass is 10.2. The summed E-state index contributed by atoms with van der Waals surface area (Å²) in [4.78, 5) is 20.3. The molecule has 0 aliphatic carbocycles. The summed E-state index contributed by atoms with van der Waals surface area (Å²) in [5, 5.41) is 3.84. The van der Waals surface area contributed by atoms with Crippen LogP contribution in [0.5, 0.6) is 0 Å². The van der Waals surface area contributed by atoms with Crippen molar-refractivity contribution >= 4 is 50.2 Å². The first-order valence-electron chi connectivity index (χ1n) is 6.37. The van der Waals surface area contributed by atoms with E-state index < -0.39 is 0 Å². The SMILES string of the molecule is Nc1nc(Nc2ccc(Br)cc2)sc1-c1ncccc1C=O. The van der Waals surface area contributed by atoms with Crippen molar-refractivity contribution in [2.75, 3.05) is 11.1 Å². The number of pyridine rings is 1. The quantitative estimate of drug-likeness (QED) is 0.671. The number of rotatable bonds is 4. The van der Waals surface area contributed by atoms with Crippen molar-refractivity contribution in [3.05, 3.63) is 52.6 Å². The molecule has 0 saturated carbocycles. The maximum absolute atomic E-state index is 11.1. The molecule has 7 heteroatoms. The molecule has 0 atom stereocenters. The van der Waals surface area contributed by atoms with E-state index in [1.165, 1.54) is 11.3 Å². The van der Waals surface area contributed by atoms with Gasteiger partial charge in [0.2, 0.25) is 0 Å². The Balaban J connectivity index is 1.94. The molecule has 0 radical (unpaired) electrons. The number of nitrogen functional groups attached to an aromatic ring is 1. The molecule has 3 rings (SSSR count). The normalized spacial score (nSPS) is 10.4. The Hall–Kier alpha value is -2.25. The number of nitrogens with zero attached hydrogens (tertiary/aromatic N) is 2. The highest BCUT2D eigenvalue weighted by molar-refractivity contribution is 9.10. The molecule has 5 nitrogen and oxygen atoms in total. The van der Waals surface area contributed by atoms with Crippen LogP contribution in [0, 0.1) is 0 Å². The molecule has 0 aliphatic heterocycles. The summed E-state index contributed by atoms with van der Waals surface area (Å²) in [5.74, 6) is 0.353. The Labute approximate surface area is 139 Å². The third-order valence-corrected chi connectivity index (χ3v) is 4.45. The molecule has 22 heavy (non-hydrogen) atoms. The molecule has 0 fully saturated rings. The van der Waals surface area contributed by atoms with Gasteiger partial charge in [-0.3, -0.25) is 9.78 Å². The first-order chi connectivity index (χ1) is 10.7. The molecular formula is C15H11BrN4OS. The highest BCUT2D eigenvalue weighted by atomic mass is 79.9. The van der Waals surface area contributed by atoms with Crippen molar-refractivity contribution in [2.45, 2.75) is 0 Å². The molecule has 0 saturated heterocycles. The summed E-state index contributed by atoms with van der Waals surface area (Å²) >= 11 is 4.75. The van der Waals surface area contributed by atoms with Gasteiger partial charge in [-0.15, -0.1) is 0 Å². The van der Waals surface area contributed by atoms with E-state index in [9.17, 15) is 4.79 Å². The van der Waals surface area contributed by atoms with Crippen molar-refractivity contribution in [1.29, 1.82) is 0 Å². The van der Waals surface area contributed by atoms with Crippen LogP contribution >= 0.6 is 27.3 Å². The van der Waals surface area contributed by atoms with Crippen LogP contribution in [-0.4, -0.2) is 16.3 Å². The topological polar surface area (TPSA) is 80.9 Å². The number of aromatic nitrogens is 2. The Morgan fingerprint density at radius 3 is 2.73 bits per heavy atom. The predicted molar refractivity (Wildman–Crippen MR) is 92.6 cm³/mol. The van der Waals surface area contributed by atoms with Crippen LogP contribution in [0.2, 0.25) is 0 Å². The fourth-order valence-corrected chi connectivity index (χ4v) is 3.10. The summed E-state index contributed by atoms with van der Waals surface area (Å²) in [7, 11) is 0. The monoisotopic (exact) mass is 374 g/mol. The van der Waals surface area contributed by atoms with Crippen molar-refractivity contribution in [1.82, 2.24) is 9.97 Å². The van der Waals surface area contributed by atoms with Crippen LogP contribution in [-0.2, 0) is 0 Å². The second-order valence-corrected chi connectivity index (χ2v) is 6.34. The van der Waals surface area contributed by atoms with Gasteiger partial charge in [0, 0.05) is 21.9 Å². The van der Waals surface area contributed by atoms with Crippen LogP contribution in [0.4, 0.5) is 16.6 Å². The van der Waals surface area contributed by atoms with Gasteiger partial charge >= 0.3 is 0 Å². The lowest BCUT2D eigenvalue weighted by Gasteiger charge is -2.02. The molecule has 2 aromatic heterocycles. The summed E-state index contributed by atoms with van der Waals surface area (Å²) in [6.45, 7) is 0. The number of halogens is 1.